The van der Waals surface area contributed by atoms with Crippen LogP contribution in [0.25, 0.3) is 0 Å². The van der Waals surface area contributed by atoms with E-state index < -0.39 is 5.91 Å². The molecule has 0 unspecified atom stereocenters. The van der Waals surface area contributed by atoms with Crippen molar-refractivity contribution in [3.05, 3.63) is 59.7 Å². The Kier molecular flexibility index (Phi) is 7.25. The van der Waals surface area contributed by atoms with Crippen molar-refractivity contribution in [1.82, 2.24) is 10.2 Å². The number of unbranched alkanes of at least 4 members (excludes halogenated alkanes) is 1. The van der Waals surface area contributed by atoms with E-state index in [4.69, 9.17) is 0 Å². The first-order valence-electron chi connectivity index (χ1n) is 10.2. The summed E-state index contributed by atoms with van der Waals surface area (Å²) in [5.41, 5.74) is 1.88. The van der Waals surface area contributed by atoms with Gasteiger partial charge in [-0.25, -0.2) is 0 Å². The molecular formula is C23H29N3O3. The molecule has 0 atom stereocenters. The van der Waals surface area contributed by atoms with E-state index in [1.807, 2.05) is 6.07 Å². The molecule has 3 rings (SSSR count). The van der Waals surface area contributed by atoms with Crippen LogP contribution in [-0.2, 0) is 0 Å². The summed E-state index contributed by atoms with van der Waals surface area (Å²) in [4.78, 5) is 29.1. The van der Waals surface area contributed by atoms with Crippen LogP contribution >= 0.6 is 0 Å². The number of ketones is 1. The molecule has 0 radical (unpaired) electrons. The number of nitrogens with zero attached hydrogens (tertiary/aromatic N) is 2. The highest BCUT2D eigenvalue weighted by atomic mass is 16.3. The van der Waals surface area contributed by atoms with Gasteiger partial charge in [-0.2, -0.15) is 0 Å². The molecule has 1 aliphatic rings. The number of anilines is 1. The average molecular weight is 396 g/mol. The third-order valence-corrected chi connectivity index (χ3v) is 5.41. The third kappa shape index (κ3) is 5.57. The Hall–Kier alpha value is -2.86. The molecule has 2 aromatic rings. The van der Waals surface area contributed by atoms with Gasteiger partial charge in [0.2, 0.25) is 0 Å². The monoisotopic (exact) mass is 395 g/mol. The number of benzene rings is 2. The lowest BCUT2D eigenvalue weighted by Gasteiger charge is -2.36. The third-order valence-electron chi connectivity index (χ3n) is 5.41. The molecule has 2 N–H and O–H groups in total. The number of amides is 1. The van der Waals surface area contributed by atoms with Crippen molar-refractivity contribution in [2.24, 2.45) is 0 Å². The second kappa shape index (κ2) is 10.1. The zero-order chi connectivity index (χ0) is 20.6. The molecule has 1 fully saturated rings. The van der Waals surface area contributed by atoms with Crippen LogP contribution in [0.1, 0.15) is 40.0 Å². The number of rotatable bonds is 8. The highest BCUT2D eigenvalue weighted by molar-refractivity contribution is 6.02. The molecular weight excluding hydrogens is 366 g/mol. The minimum Gasteiger partial charge on any atom is -0.507 e. The number of para-hydroxylation sites is 1. The molecule has 154 valence electrons. The van der Waals surface area contributed by atoms with E-state index >= 15 is 0 Å². The molecule has 1 heterocycles. The summed E-state index contributed by atoms with van der Waals surface area (Å²) in [7, 11) is 1.50. The summed E-state index contributed by atoms with van der Waals surface area (Å²) in [6.07, 6.45) is 2.23. The van der Waals surface area contributed by atoms with Crippen LogP contribution in [0, 0.1) is 0 Å². The quantitative estimate of drug-likeness (QED) is 0.531. The Labute approximate surface area is 172 Å². The van der Waals surface area contributed by atoms with E-state index in [0.29, 0.717) is 12.0 Å². The first kappa shape index (κ1) is 20.9. The number of aromatic hydroxyl groups is 1. The number of carbonyl (C=O) groups is 2. The molecule has 1 saturated heterocycles. The van der Waals surface area contributed by atoms with Crippen LogP contribution < -0.4 is 10.2 Å². The molecule has 1 aliphatic heterocycles. The Bertz CT molecular complexity index is 831. The fourth-order valence-corrected chi connectivity index (χ4v) is 3.66. The molecule has 1 amide bonds. The van der Waals surface area contributed by atoms with E-state index in [1.165, 1.54) is 24.9 Å². The Morgan fingerprint density at radius 3 is 2.41 bits per heavy atom. The maximum absolute atomic E-state index is 12.4. The lowest BCUT2D eigenvalue weighted by Crippen LogP contribution is -2.46. The van der Waals surface area contributed by atoms with Crippen molar-refractivity contribution in [2.45, 2.75) is 19.3 Å². The van der Waals surface area contributed by atoms with Gasteiger partial charge in [-0.1, -0.05) is 18.2 Å². The fraction of sp³-hybridized carbons (Fsp3) is 0.391. The maximum atomic E-state index is 12.4. The molecule has 0 spiro atoms. The van der Waals surface area contributed by atoms with Gasteiger partial charge in [0.15, 0.2) is 5.78 Å². The highest BCUT2D eigenvalue weighted by Crippen LogP contribution is 2.20. The van der Waals surface area contributed by atoms with E-state index in [9.17, 15) is 14.7 Å². The van der Waals surface area contributed by atoms with Crippen molar-refractivity contribution >= 4 is 17.4 Å². The van der Waals surface area contributed by atoms with Gasteiger partial charge >= 0.3 is 0 Å². The predicted octanol–water partition coefficient (Wildman–Crippen LogP) is 2.93. The van der Waals surface area contributed by atoms with Gasteiger partial charge < -0.3 is 15.3 Å². The van der Waals surface area contributed by atoms with Crippen LogP contribution in [0.4, 0.5) is 5.69 Å². The van der Waals surface area contributed by atoms with Crippen molar-refractivity contribution in [3.8, 4) is 5.75 Å². The van der Waals surface area contributed by atoms with Crippen LogP contribution in [0.5, 0.6) is 5.75 Å². The summed E-state index contributed by atoms with van der Waals surface area (Å²) in [5.74, 6) is -0.508. The highest BCUT2D eigenvalue weighted by Gasteiger charge is 2.17. The maximum Gasteiger partial charge on any atom is 0.254 e. The summed E-state index contributed by atoms with van der Waals surface area (Å²) >= 11 is 0. The number of Topliss-reactive ketones (excluding diaryl/α,β-unsaturated/α-hetero) is 1. The molecule has 29 heavy (non-hydrogen) atoms. The zero-order valence-corrected chi connectivity index (χ0v) is 16.9. The SMILES string of the molecule is CNC(=O)c1cc(C(=O)CCCCN2CCN(c3ccccc3)CC2)ccc1O. The van der Waals surface area contributed by atoms with Crippen molar-refractivity contribution < 1.29 is 14.7 Å². The van der Waals surface area contributed by atoms with E-state index in [0.717, 1.165) is 45.6 Å². The van der Waals surface area contributed by atoms with Crippen LogP contribution in [0.15, 0.2) is 48.5 Å². The average Bonchev–Trinajstić information content (AvgIpc) is 2.77. The van der Waals surface area contributed by atoms with Gasteiger partial charge in [0.05, 0.1) is 5.56 Å². The van der Waals surface area contributed by atoms with Gasteiger partial charge in [0.1, 0.15) is 5.75 Å². The number of phenols is 1. The van der Waals surface area contributed by atoms with E-state index in [-0.39, 0.29) is 17.1 Å². The van der Waals surface area contributed by atoms with Gasteiger partial charge in [-0.05, 0) is 49.7 Å². The molecule has 0 aliphatic carbocycles. The van der Waals surface area contributed by atoms with Gasteiger partial charge in [-0.3, -0.25) is 14.5 Å². The van der Waals surface area contributed by atoms with E-state index in [2.05, 4.69) is 39.4 Å². The second-order valence-corrected chi connectivity index (χ2v) is 7.36. The minimum absolute atomic E-state index is 0.00375. The van der Waals surface area contributed by atoms with Gasteiger partial charge in [0, 0.05) is 50.9 Å². The summed E-state index contributed by atoms with van der Waals surface area (Å²) in [6, 6.07) is 14.9. The van der Waals surface area contributed by atoms with Crippen LogP contribution in [-0.4, -0.2) is 61.5 Å². The number of hydrogen-bond acceptors (Lipinski definition) is 5. The predicted molar refractivity (Wildman–Crippen MR) is 115 cm³/mol. The Morgan fingerprint density at radius 2 is 1.72 bits per heavy atom. The number of nitrogens with one attached hydrogen (secondary N) is 1. The second-order valence-electron chi connectivity index (χ2n) is 7.36. The van der Waals surface area contributed by atoms with Gasteiger partial charge in [0.25, 0.3) is 5.91 Å². The van der Waals surface area contributed by atoms with Gasteiger partial charge in [-0.15, -0.1) is 0 Å². The normalized spacial score (nSPS) is 14.6. The number of phenolic OH excluding ortho intramolecular Hbond substituents is 1. The Balaban J connectivity index is 1.40. The molecule has 0 aromatic heterocycles. The van der Waals surface area contributed by atoms with Crippen molar-refractivity contribution in [1.29, 1.82) is 0 Å². The lowest BCUT2D eigenvalue weighted by molar-refractivity contribution is 0.0960. The van der Waals surface area contributed by atoms with Crippen LogP contribution in [0.2, 0.25) is 0 Å². The van der Waals surface area contributed by atoms with E-state index in [1.54, 1.807) is 6.07 Å². The Morgan fingerprint density at radius 1 is 1.00 bits per heavy atom. The topological polar surface area (TPSA) is 72.9 Å². The summed E-state index contributed by atoms with van der Waals surface area (Å²) in [5, 5.41) is 12.3. The summed E-state index contributed by atoms with van der Waals surface area (Å²) < 4.78 is 0. The largest absolute Gasteiger partial charge is 0.507 e. The molecule has 6 nitrogen and oxygen atoms in total. The van der Waals surface area contributed by atoms with Crippen LogP contribution in [0.3, 0.4) is 0 Å². The molecule has 2 aromatic carbocycles. The fourth-order valence-electron chi connectivity index (χ4n) is 3.66. The number of carbonyl (C=O) groups excluding carboxylic acids is 2. The first-order valence-corrected chi connectivity index (χ1v) is 10.2. The smallest absolute Gasteiger partial charge is 0.254 e. The lowest BCUT2D eigenvalue weighted by atomic mass is 10.0. The minimum atomic E-state index is -0.396. The number of piperazine rings is 1. The zero-order valence-electron chi connectivity index (χ0n) is 16.9. The standard InChI is InChI=1S/C23H29N3O3/c1-24-23(29)20-17-18(10-11-22(20)28)21(27)9-5-6-12-25-13-15-26(16-14-25)19-7-3-2-4-8-19/h2-4,7-8,10-11,17,28H,5-6,9,12-16H2,1H3,(H,24,29). The molecule has 0 saturated carbocycles. The number of hydrogen-bond donors (Lipinski definition) is 2. The van der Waals surface area contributed by atoms with Crippen molar-refractivity contribution in [2.75, 3.05) is 44.7 Å². The van der Waals surface area contributed by atoms with Crippen molar-refractivity contribution in [3.63, 3.8) is 0 Å². The molecule has 6 heteroatoms. The summed E-state index contributed by atoms with van der Waals surface area (Å²) in [6.45, 7) is 5.12. The molecule has 0 bridgehead atoms. The first-order chi connectivity index (χ1) is 14.1.